The van der Waals surface area contributed by atoms with Crippen LogP contribution >= 0.6 is 34.8 Å². The standard InChI is InChI=1S/C23H15Cl3N4O2/c24-15-7-1-3-9-17(15)27-22(31)14(23(32)28-18-10-4-2-8-16(18)25)13-19-21(26)29-20-11-5-6-12-30(19)20/h1-13H,(H,27,31)(H,28,32). The van der Waals surface area contributed by atoms with E-state index in [4.69, 9.17) is 34.8 Å². The Bertz CT molecular complexity index is 1300. The number of carbonyl (C=O) groups excluding carboxylic acids is 2. The van der Waals surface area contributed by atoms with Crippen LogP contribution in [0.1, 0.15) is 5.69 Å². The molecule has 2 aromatic heterocycles. The summed E-state index contributed by atoms with van der Waals surface area (Å²) in [5, 5.41) is 6.14. The van der Waals surface area contributed by atoms with Crippen molar-refractivity contribution in [3.63, 3.8) is 0 Å². The Kier molecular flexibility index (Phi) is 6.46. The lowest BCUT2D eigenvalue weighted by atomic mass is 10.1. The first-order valence-electron chi connectivity index (χ1n) is 9.40. The predicted molar refractivity (Wildman–Crippen MR) is 128 cm³/mol. The summed E-state index contributed by atoms with van der Waals surface area (Å²) in [6.45, 7) is 0. The van der Waals surface area contributed by atoms with Crippen molar-refractivity contribution in [3.05, 3.63) is 99.4 Å². The number of aromatic nitrogens is 2. The first-order valence-corrected chi connectivity index (χ1v) is 10.5. The molecule has 0 spiro atoms. The topological polar surface area (TPSA) is 75.5 Å². The molecule has 4 rings (SSSR count). The van der Waals surface area contributed by atoms with Crippen molar-refractivity contribution in [1.29, 1.82) is 0 Å². The zero-order chi connectivity index (χ0) is 22.7. The maximum atomic E-state index is 13.2. The molecule has 4 aromatic rings. The van der Waals surface area contributed by atoms with Gasteiger partial charge in [-0.25, -0.2) is 4.98 Å². The molecule has 0 aliphatic heterocycles. The molecule has 6 nitrogen and oxygen atoms in total. The maximum Gasteiger partial charge on any atom is 0.261 e. The summed E-state index contributed by atoms with van der Waals surface area (Å²) in [5.74, 6) is -1.35. The van der Waals surface area contributed by atoms with Gasteiger partial charge in [0.1, 0.15) is 11.2 Å². The van der Waals surface area contributed by atoms with Gasteiger partial charge in [0.2, 0.25) is 0 Å². The van der Waals surface area contributed by atoms with E-state index in [1.54, 1.807) is 77.3 Å². The molecule has 0 bridgehead atoms. The molecule has 0 aliphatic rings. The average Bonchev–Trinajstić information content (AvgIpc) is 3.10. The van der Waals surface area contributed by atoms with Crippen molar-refractivity contribution < 1.29 is 9.59 Å². The highest BCUT2D eigenvalue weighted by atomic mass is 35.5. The minimum atomic E-state index is -0.676. The molecule has 32 heavy (non-hydrogen) atoms. The quantitative estimate of drug-likeness (QED) is 0.208. The second kappa shape index (κ2) is 9.44. The number of pyridine rings is 1. The van der Waals surface area contributed by atoms with E-state index in [9.17, 15) is 9.59 Å². The maximum absolute atomic E-state index is 13.2. The van der Waals surface area contributed by atoms with Gasteiger partial charge in [-0.2, -0.15) is 0 Å². The number of para-hydroxylation sites is 2. The van der Waals surface area contributed by atoms with Crippen molar-refractivity contribution in [2.75, 3.05) is 10.6 Å². The third-order valence-electron chi connectivity index (χ3n) is 4.54. The van der Waals surface area contributed by atoms with Gasteiger partial charge in [0.05, 0.1) is 27.1 Å². The highest BCUT2D eigenvalue weighted by molar-refractivity contribution is 6.37. The van der Waals surface area contributed by atoms with Crippen LogP contribution in [-0.4, -0.2) is 21.2 Å². The second-order valence-corrected chi connectivity index (χ2v) is 7.82. The van der Waals surface area contributed by atoms with Crippen LogP contribution in [0.15, 0.2) is 78.5 Å². The van der Waals surface area contributed by atoms with E-state index in [2.05, 4.69) is 15.6 Å². The summed E-state index contributed by atoms with van der Waals surface area (Å²) in [6, 6.07) is 18.8. The van der Waals surface area contributed by atoms with Crippen LogP contribution in [0.4, 0.5) is 11.4 Å². The minimum absolute atomic E-state index is 0.143. The Labute approximate surface area is 198 Å². The zero-order valence-electron chi connectivity index (χ0n) is 16.4. The molecule has 0 unspecified atom stereocenters. The molecule has 0 aliphatic carbocycles. The fourth-order valence-electron chi connectivity index (χ4n) is 2.99. The number of hydrogen-bond donors (Lipinski definition) is 2. The zero-order valence-corrected chi connectivity index (χ0v) is 18.6. The first-order chi connectivity index (χ1) is 15.4. The second-order valence-electron chi connectivity index (χ2n) is 6.64. The van der Waals surface area contributed by atoms with Gasteiger partial charge in [0.25, 0.3) is 11.8 Å². The minimum Gasteiger partial charge on any atom is -0.320 e. The lowest BCUT2D eigenvalue weighted by Gasteiger charge is -2.12. The fraction of sp³-hybridized carbons (Fsp3) is 0. The van der Waals surface area contributed by atoms with Gasteiger partial charge in [-0.15, -0.1) is 0 Å². The van der Waals surface area contributed by atoms with Crippen LogP contribution < -0.4 is 10.6 Å². The molecule has 0 atom stereocenters. The predicted octanol–water partition coefficient (Wildman–Crippen LogP) is 5.96. The summed E-state index contributed by atoms with van der Waals surface area (Å²) in [4.78, 5) is 30.6. The van der Waals surface area contributed by atoms with Gasteiger partial charge in [-0.05, 0) is 42.5 Å². The van der Waals surface area contributed by atoms with Crippen molar-refractivity contribution in [2.45, 2.75) is 0 Å². The third kappa shape index (κ3) is 4.62. The molecule has 160 valence electrons. The summed E-state index contributed by atoms with van der Waals surface area (Å²) >= 11 is 18.6. The summed E-state index contributed by atoms with van der Waals surface area (Å²) in [5.41, 5.74) is 1.46. The van der Waals surface area contributed by atoms with Gasteiger partial charge in [0.15, 0.2) is 5.15 Å². The van der Waals surface area contributed by atoms with E-state index in [1.807, 2.05) is 0 Å². The fourth-order valence-corrected chi connectivity index (χ4v) is 3.59. The normalized spacial score (nSPS) is 10.6. The van der Waals surface area contributed by atoms with E-state index < -0.39 is 11.8 Å². The van der Waals surface area contributed by atoms with E-state index in [0.717, 1.165) is 0 Å². The van der Waals surface area contributed by atoms with E-state index in [-0.39, 0.29) is 10.7 Å². The number of hydrogen-bond acceptors (Lipinski definition) is 3. The van der Waals surface area contributed by atoms with Gasteiger partial charge in [-0.1, -0.05) is 65.1 Å². The Morgan fingerprint density at radius 2 is 1.31 bits per heavy atom. The van der Waals surface area contributed by atoms with Crippen LogP contribution in [0, 0.1) is 0 Å². The Hall–Kier alpha value is -3.32. The van der Waals surface area contributed by atoms with Crippen molar-refractivity contribution in [1.82, 2.24) is 9.38 Å². The number of nitrogens with zero attached hydrogens (tertiary/aromatic N) is 2. The molecule has 0 saturated carbocycles. The molecule has 2 heterocycles. The van der Waals surface area contributed by atoms with Crippen molar-refractivity contribution in [3.8, 4) is 0 Å². The average molecular weight is 486 g/mol. The number of anilines is 2. The van der Waals surface area contributed by atoms with Crippen LogP contribution in [0.2, 0.25) is 15.2 Å². The number of carbonyl (C=O) groups is 2. The van der Waals surface area contributed by atoms with Crippen LogP contribution in [0.5, 0.6) is 0 Å². The van der Waals surface area contributed by atoms with Crippen LogP contribution in [0.3, 0.4) is 0 Å². The number of benzene rings is 2. The molecule has 2 amide bonds. The van der Waals surface area contributed by atoms with Crippen molar-refractivity contribution in [2.24, 2.45) is 0 Å². The van der Waals surface area contributed by atoms with Crippen molar-refractivity contribution >= 4 is 69.7 Å². The lowest BCUT2D eigenvalue weighted by molar-refractivity contribution is -0.118. The number of rotatable bonds is 5. The molecular formula is C23H15Cl3N4O2. The SMILES string of the molecule is O=C(Nc1ccccc1Cl)C(=Cc1c(Cl)nc2ccccn12)C(=O)Nc1ccccc1Cl. The Morgan fingerprint density at radius 1 is 0.781 bits per heavy atom. The largest absolute Gasteiger partial charge is 0.320 e. The smallest absolute Gasteiger partial charge is 0.261 e. The van der Waals surface area contributed by atoms with Gasteiger partial charge < -0.3 is 10.6 Å². The number of fused-ring (bicyclic) bond motifs is 1. The lowest BCUT2D eigenvalue weighted by Crippen LogP contribution is -2.25. The van der Waals surface area contributed by atoms with Crippen LogP contribution in [-0.2, 0) is 9.59 Å². The first kappa shape index (κ1) is 21.9. The number of halogens is 3. The number of nitrogens with one attached hydrogen (secondary N) is 2. The highest BCUT2D eigenvalue weighted by Crippen LogP contribution is 2.25. The van der Waals surface area contributed by atoms with E-state index in [0.29, 0.717) is 32.8 Å². The molecular weight excluding hydrogens is 471 g/mol. The number of imidazole rings is 1. The van der Waals surface area contributed by atoms with Gasteiger partial charge in [0, 0.05) is 6.20 Å². The molecule has 2 aromatic carbocycles. The molecule has 2 N–H and O–H groups in total. The molecule has 0 fully saturated rings. The number of amides is 2. The van der Waals surface area contributed by atoms with E-state index >= 15 is 0 Å². The Morgan fingerprint density at radius 3 is 1.88 bits per heavy atom. The Balaban J connectivity index is 1.77. The molecule has 9 heteroatoms. The molecule has 0 saturated heterocycles. The molecule has 0 radical (unpaired) electrons. The van der Waals surface area contributed by atoms with Crippen LogP contribution in [0.25, 0.3) is 11.7 Å². The van der Waals surface area contributed by atoms with Gasteiger partial charge >= 0.3 is 0 Å². The van der Waals surface area contributed by atoms with E-state index in [1.165, 1.54) is 6.08 Å². The summed E-state index contributed by atoms with van der Waals surface area (Å²) < 4.78 is 1.67. The summed E-state index contributed by atoms with van der Waals surface area (Å²) in [6.07, 6.45) is 3.11. The third-order valence-corrected chi connectivity index (χ3v) is 5.47. The highest BCUT2D eigenvalue weighted by Gasteiger charge is 2.22. The monoisotopic (exact) mass is 484 g/mol. The summed E-state index contributed by atoms with van der Waals surface area (Å²) in [7, 11) is 0. The van der Waals surface area contributed by atoms with Gasteiger partial charge in [-0.3, -0.25) is 14.0 Å².